The van der Waals surface area contributed by atoms with Crippen molar-refractivity contribution in [2.24, 2.45) is 17.3 Å². The van der Waals surface area contributed by atoms with Crippen LogP contribution in [0.15, 0.2) is 42.5 Å². The Morgan fingerprint density at radius 2 is 1.49 bits per heavy atom. The molecule has 6 aliphatic rings. The predicted octanol–water partition coefficient (Wildman–Crippen LogP) is 6.79. The number of benzene rings is 2. The van der Waals surface area contributed by atoms with Crippen LogP contribution in [0.3, 0.4) is 0 Å². The Morgan fingerprint density at radius 1 is 0.848 bits per heavy atom. The van der Waals surface area contributed by atoms with Crippen molar-refractivity contribution in [2.75, 3.05) is 85.4 Å². The van der Waals surface area contributed by atoms with Gasteiger partial charge in [0.05, 0.1) is 6.54 Å². The monoisotopic (exact) mass is 1130 g/mol. The van der Waals surface area contributed by atoms with Crippen molar-refractivity contribution in [3.8, 4) is 11.1 Å². The molecule has 2 aromatic rings. The van der Waals surface area contributed by atoms with Crippen LogP contribution in [0.25, 0.3) is 11.1 Å². The smallest absolute Gasteiger partial charge is 0.369 e. The number of hydrogen-bond acceptors (Lipinski definition) is 9. The number of nitrogens with one attached hydrogen (secondary N) is 2. The highest BCUT2D eigenvalue weighted by atomic mass is 35.5. The first-order valence-corrected chi connectivity index (χ1v) is 28.5. The van der Waals surface area contributed by atoms with Gasteiger partial charge in [0.2, 0.25) is 35.4 Å². The molecule has 2 N–H and O–H groups in total. The summed E-state index contributed by atoms with van der Waals surface area (Å²) in [6.45, 7) is 9.30. The van der Waals surface area contributed by atoms with E-state index in [1.165, 1.54) is 16.8 Å². The van der Waals surface area contributed by atoms with Gasteiger partial charge in [-0.25, -0.2) is 13.2 Å². The second-order valence-corrected chi connectivity index (χ2v) is 24.2. The van der Waals surface area contributed by atoms with Crippen LogP contribution in [0.5, 0.6) is 0 Å². The van der Waals surface area contributed by atoms with E-state index < -0.39 is 115 Å². The minimum Gasteiger partial charge on any atom is -0.369 e. The number of likely N-dealkylation sites (tertiary alicyclic amines) is 2. The molecule has 436 valence electrons. The van der Waals surface area contributed by atoms with Crippen LogP contribution in [0.1, 0.15) is 96.5 Å². The Labute approximate surface area is 465 Å². The fraction of sp³-hybridized carbons (Fsp3) is 0.684. The molecule has 15 nitrogen and oxygen atoms in total. The van der Waals surface area contributed by atoms with Gasteiger partial charge in [-0.05, 0) is 91.9 Å². The van der Waals surface area contributed by atoms with Gasteiger partial charge >= 0.3 is 6.18 Å². The number of carbonyl (C=O) groups is 6. The molecule has 22 heteroatoms. The molecule has 4 saturated heterocycles. The zero-order valence-corrected chi connectivity index (χ0v) is 47.1. The van der Waals surface area contributed by atoms with E-state index in [0.717, 1.165) is 74.5 Å². The van der Waals surface area contributed by atoms with Gasteiger partial charge in [0.25, 0.3) is 5.92 Å². The van der Waals surface area contributed by atoms with Gasteiger partial charge in [0.1, 0.15) is 36.4 Å². The van der Waals surface area contributed by atoms with Crippen molar-refractivity contribution >= 4 is 52.7 Å². The average Bonchev–Trinajstić information content (AvgIpc) is 4.35. The minimum atomic E-state index is -5.40. The van der Waals surface area contributed by atoms with Gasteiger partial charge in [-0.3, -0.25) is 33.7 Å². The lowest BCUT2D eigenvalue weighted by atomic mass is 9.64. The molecule has 2 aliphatic carbocycles. The predicted molar refractivity (Wildman–Crippen MR) is 288 cm³/mol. The van der Waals surface area contributed by atoms with Crippen molar-refractivity contribution in [3.05, 3.63) is 53.1 Å². The Morgan fingerprint density at radius 3 is 2.10 bits per heavy atom. The third-order valence-corrected chi connectivity index (χ3v) is 17.6. The van der Waals surface area contributed by atoms with E-state index in [2.05, 4.69) is 56.6 Å². The van der Waals surface area contributed by atoms with Crippen LogP contribution in [-0.4, -0.2) is 200 Å². The Bertz CT molecular complexity index is 2530. The third-order valence-electron chi connectivity index (χ3n) is 17.3. The van der Waals surface area contributed by atoms with Gasteiger partial charge < -0.3 is 40.0 Å². The maximum absolute atomic E-state index is 15.0. The zero-order valence-electron chi connectivity index (χ0n) is 46.3. The van der Waals surface area contributed by atoms with Crippen LogP contribution in [0.2, 0.25) is 5.02 Å². The van der Waals surface area contributed by atoms with Gasteiger partial charge in [-0.15, -0.1) is 0 Å². The first-order chi connectivity index (χ1) is 37.3. The second-order valence-electron chi connectivity index (χ2n) is 23.8. The molecule has 0 unspecified atom stereocenters. The maximum atomic E-state index is 15.0. The summed E-state index contributed by atoms with van der Waals surface area (Å²) in [4.78, 5) is 98.6. The fourth-order valence-corrected chi connectivity index (χ4v) is 12.6. The molecule has 6 amide bonds. The van der Waals surface area contributed by atoms with Gasteiger partial charge in [-0.2, -0.15) is 13.2 Å². The first-order valence-electron chi connectivity index (χ1n) is 28.1. The molecule has 0 bridgehead atoms. The Balaban J connectivity index is 1.00. The highest BCUT2D eigenvalue weighted by Crippen LogP contribution is 2.61. The number of rotatable bonds is 13. The van der Waals surface area contributed by atoms with E-state index in [1.807, 2.05) is 26.0 Å². The summed E-state index contributed by atoms with van der Waals surface area (Å²) >= 11 is 6.69. The molecular weight excluding hydrogens is 1060 g/mol. The van der Waals surface area contributed by atoms with E-state index in [4.69, 9.17) is 11.6 Å². The standard InChI is InChI=1S/C57H78ClF6N9O6/c1-35(2)26-44-51(76)70(6)47(28-38-27-39(58)17-20-43(38)36-15-18-41(19-16-36)71-22-24-72(25-23-71)42-31-67(3)32-42)52(77)68(4)21-11-9-7-8-10-12-45(49(74)65-44)69(5)53(78)48(37-13-14-37)66-50(75)46-29-40(59)30-73(46)54(79)55(57(62,63)64)33-56(60,61)34-55/h15-20,27,35,37,40,42,44-48H,7-14,21-26,28-34H2,1-6H3,(H,65,74)(H,66,75)/t40-,44+,45+,46+,47+,48+/m1/s1. The van der Waals surface area contributed by atoms with Crippen LogP contribution in [0, 0.1) is 17.3 Å². The molecule has 4 aliphatic heterocycles. The molecule has 2 aromatic carbocycles. The van der Waals surface area contributed by atoms with Crippen LogP contribution < -0.4 is 15.5 Å². The highest BCUT2D eigenvalue weighted by molar-refractivity contribution is 6.30. The molecule has 0 spiro atoms. The van der Waals surface area contributed by atoms with E-state index in [0.29, 0.717) is 54.6 Å². The summed E-state index contributed by atoms with van der Waals surface area (Å²) in [7, 11) is 6.81. The molecule has 2 saturated carbocycles. The number of carbonyl (C=O) groups excluding carboxylic acids is 6. The first kappa shape index (κ1) is 60.0. The Hall–Kier alpha value is -5.15. The van der Waals surface area contributed by atoms with Gasteiger partial charge in [-0.1, -0.05) is 69.3 Å². The summed E-state index contributed by atoms with van der Waals surface area (Å²) in [6.07, 6.45) is -7.09. The lowest BCUT2D eigenvalue weighted by Gasteiger charge is -2.48. The molecule has 6 fully saturated rings. The van der Waals surface area contributed by atoms with Crippen molar-refractivity contribution in [1.29, 1.82) is 0 Å². The summed E-state index contributed by atoms with van der Waals surface area (Å²) < 4.78 is 85.9. The number of anilines is 1. The topological polar surface area (TPSA) is 149 Å². The number of hydrogen-bond donors (Lipinski definition) is 2. The fourth-order valence-electron chi connectivity index (χ4n) is 12.4. The number of piperazine rings is 1. The zero-order chi connectivity index (χ0) is 57.3. The molecule has 4 heterocycles. The number of nitrogens with zero attached hydrogens (tertiary/aromatic N) is 7. The SMILES string of the molecule is CC(C)C[C@@H]1NC(=O)[C@@H](N(C)C(=O)[C@@H](NC(=O)[C@@H]2C[C@@H](F)CN2C(=O)C2(C(F)(F)F)CC(F)(F)C2)C2CC2)CCCCCCCN(C)C(=O)[C@H](Cc2cc(Cl)ccc2-c2ccc(N3CCN(C4CN(C)C4)CC3)cc2)N(C)C1=O. The van der Waals surface area contributed by atoms with Crippen LogP contribution >= 0.6 is 11.6 Å². The highest BCUT2D eigenvalue weighted by Gasteiger charge is 2.75. The van der Waals surface area contributed by atoms with Gasteiger partial charge in [0, 0.05) is 109 Å². The number of alkyl halides is 6. The number of amides is 6. The second kappa shape index (κ2) is 24.5. The molecular formula is C57H78ClF6N9O6. The summed E-state index contributed by atoms with van der Waals surface area (Å²) in [5, 5.41) is 5.95. The van der Waals surface area contributed by atoms with E-state index >= 15 is 4.79 Å². The molecule has 8 rings (SSSR count). The van der Waals surface area contributed by atoms with Crippen molar-refractivity contribution in [1.82, 2.24) is 40.0 Å². The molecule has 79 heavy (non-hydrogen) atoms. The lowest BCUT2D eigenvalue weighted by Crippen LogP contribution is -2.65. The quantitative estimate of drug-likeness (QED) is 0.207. The molecule has 6 atom stereocenters. The van der Waals surface area contributed by atoms with Gasteiger partial charge in [0.15, 0.2) is 5.41 Å². The Kier molecular flexibility index (Phi) is 18.6. The summed E-state index contributed by atoms with van der Waals surface area (Å²) in [5.41, 5.74) is 0.124. The van der Waals surface area contributed by atoms with Crippen LogP contribution in [-0.2, 0) is 35.2 Å². The number of likely N-dealkylation sites (N-methyl/N-ethyl adjacent to an activating group) is 4. The maximum Gasteiger partial charge on any atom is 0.403 e. The normalized spacial score (nSPS) is 26.6. The third kappa shape index (κ3) is 13.6. The summed E-state index contributed by atoms with van der Waals surface area (Å²) in [6, 6.07) is 7.98. The van der Waals surface area contributed by atoms with Crippen molar-refractivity contribution in [2.45, 2.75) is 152 Å². The molecule has 0 radical (unpaired) electrons. The summed E-state index contributed by atoms with van der Waals surface area (Å²) in [5.74, 6) is -9.51. The largest absolute Gasteiger partial charge is 0.403 e. The van der Waals surface area contributed by atoms with Crippen molar-refractivity contribution < 1.29 is 55.1 Å². The van der Waals surface area contributed by atoms with E-state index in [9.17, 15) is 50.3 Å². The number of halogens is 7. The van der Waals surface area contributed by atoms with E-state index in [1.54, 1.807) is 25.1 Å². The lowest BCUT2D eigenvalue weighted by molar-refractivity contribution is -0.299. The van der Waals surface area contributed by atoms with E-state index in [-0.39, 0.29) is 31.1 Å². The van der Waals surface area contributed by atoms with Crippen LogP contribution in [0.4, 0.5) is 32.0 Å². The molecule has 0 aromatic heterocycles. The van der Waals surface area contributed by atoms with Crippen molar-refractivity contribution in [3.63, 3.8) is 0 Å². The minimum absolute atomic E-state index is 0.0930. The average molecular weight is 1130 g/mol.